The van der Waals surface area contributed by atoms with E-state index in [1.807, 2.05) is 43.3 Å². The van der Waals surface area contributed by atoms with Crippen molar-refractivity contribution >= 4 is 17.8 Å². The van der Waals surface area contributed by atoms with Crippen molar-refractivity contribution in [2.75, 3.05) is 19.0 Å². The number of anilines is 1. The third-order valence-electron chi connectivity index (χ3n) is 3.40. The van der Waals surface area contributed by atoms with Gasteiger partial charge in [-0.3, -0.25) is 14.6 Å². The van der Waals surface area contributed by atoms with E-state index < -0.39 is 17.2 Å². The summed E-state index contributed by atoms with van der Waals surface area (Å²) in [6, 6.07) is 7.63. The number of hydrogen-bond acceptors (Lipinski definition) is 5. The number of aromatic nitrogens is 2. The standard InChI is InChI=1S/C16H19N5O3/c1-10-13(15(23)19-16(24)18-10)8-14(22)20-17-9-11-4-6-12(7-5-11)21(2)3/h4-7,9H,8H2,1-3H3,(H,20,22)(H2,18,19,23,24)/b17-9-. The Morgan fingerprint density at radius 1 is 1.21 bits per heavy atom. The zero-order chi connectivity index (χ0) is 17.7. The fraction of sp³-hybridized carbons (Fsp3) is 0.250. The number of rotatable bonds is 5. The molecule has 8 heteroatoms. The van der Waals surface area contributed by atoms with E-state index in [4.69, 9.17) is 0 Å². The molecule has 1 aromatic heterocycles. The topological polar surface area (TPSA) is 110 Å². The van der Waals surface area contributed by atoms with Gasteiger partial charge in [-0.1, -0.05) is 12.1 Å². The molecule has 0 aliphatic heterocycles. The molecule has 0 aliphatic rings. The Bertz CT molecular complexity index is 863. The predicted molar refractivity (Wildman–Crippen MR) is 92.6 cm³/mol. The molecule has 126 valence electrons. The highest BCUT2D eigenvalue weighted by Gasteiger charge is 2.10. The van der Waals surface area contributed by atoms with Gasteiger partial charge in [-0.15, -0.1) is 0 Å². The first-order valence-corrected chi connectivity index (χ1v) is 7.28. The SMILES string of the molecule is Cc1[nH]c(=O)[nH]c(=O)c1CC(=O)N/N=C\c1ccc(N(C)C)cc1. The van der Waals surface area contributed by atoms with Crippen molar-refractivity contribution in [1.82, 2.24) is 15.4 Å². The molecule has 0 saturated carbocycles. The van der Waals surface area contributed by atoms with Gasteiger partial charge >= 0.3 is 5.69 Å². The van der Waals surface area contributed by atoms with Crippen LogP contribution in [0.1, 0.15) is 16.8 Å². The molecule has 0 bridgehead atoms. The molecule has 2 aromatic rings. The van der Waals surface area contributed by atoms with Gasteiger partial charge in [-0.2, -0.15) is 5.10 Å². The number of aromatic amines is 2. The van der Waals surface area contributed by atoms with Crippen LogP contribution in [0.15, 0.2) is 39.0 Å². The molecular weight excluding hydrogens is 310 g/mol. The van der Waals surface area contributed by atoms with Crippen molar-refractivity contribution in [2.24, 2.45) is 5.10 Å². The molecule has 8 nitrogen and oxygen atoms in total. The second-order valence-corrected chi connectivity index (χ2v) is 5.47. The summed E-state index contributed by atoms with van der Waals surface area (Å²) >= 11 is 0. The van der Waals surface area contributed by atoms with E-state index in [1.54, 1.807) is 6.92 Å². The molecular formula is C16H19N5O3. The zero-order valence-corrected chi connectivity index (χ0v) is 13.7. The number of carbonyl (C=O) groups is 1. The monoisotopic (exact) mass is 329 g/mol. The first-order chi connectivity index (χ1) is 11.4. The van der Waals surface area contributed by atoms with Crippen molar-refractivity contribution in [3.05, 3.63) is 61.9 Å². The van der Waals surface area contributed by atoms with E-state index in [0.29, 0.717) is 5.69 Å². The molecule has 0 aliphatic carbocycles. The molecule has 1 amide bonds. The quantitative estimate of drug-likeness (QED) is 0.535. The Morgan fingerprint density at radius 2 is 1.88 bits per heavy atom. The first-order valence-electron chi connectivity index (χ1n) is 7.28. The van der Waals surface area contributed by atoms with Crippen molar-refractivity contribution in [1.29, 1.82) is 0 Å². The zero-order valence-electron chi connectivity index (χ0n) is 13.7. The van der Waals surface area contributed by atoms with Crippen LogP contribution >= 0.6 is 0 Å². The van der Waals surface area contributed by atoms with E-state index in [1.165, 1.54) is 6.21 Å². The minimum absolute atomic E-state index is 0.172. The summed E-state index contributed by atoms with van der Waals surface area (Å²) < 4.78 is 0. The maximum absolute atomic E-state index is 11.9. The summed E-state index contributed by atoms with van der Waals surface area (Å²) in [4.78, 5) is 41.2. The number of nitrogens with zero attached hydrogens (tertiary/aromatic N) is 2. The van der Waals surface area contributed by atoms with Gasteiger partial charge < -0.3 is 9.88 Å². The van der Waals surface area contributed by atoms with Crippen LogP contribution in [0.25, 0.3) is 0 Å². The molecule has 2 rings (SSSR count). The summed E-state index contributed by atoms with van der Waals surface area (Å²) in [7, 11) is 3.90. The van der Waals surface area contributed by atoms with Crippen LogP contribution in [0, 0.1) is 6.92 Å². The highest BCUT2D eigenvalue weighted by Crippen LogP contribution is 2.10. The minimum atomic E-state index is -0.596. The summed E-state index contributed by atoms with van der Waals surface area (Å²) in [6.07, 6.45) is 1.34. The number of hydrogen-bond donors (Lipinski definition) is 3. The van der Waals surface area contributed by atoms with Crippen molar-refractivity contribution < 1.29 is 4.79 Å². The largest absolute Gasteiger partial charge is 0.378 e. The normalized spacial score (nSPS) is 10.8. The maximum atomic E-state index is 11.9. The van der Waals surface area contributed by atoms with E-state index in [-0.39, 0.29) is 12.0 Å². The third kappa shape index (κ3) is 4.42. The molecule has 0 radical (unpaired) electrons. The van der Waals surface area contributed by atoms with Crippen LogP contribution in [0.3, 0.4) is 0 Å². The van der Waals surface area contributed by atoms with Gasteiger partial charge in [0.25, 0.3) is 5.56 Å². The molecule has 0 spiro atoms. The predicted octanol–water partition coefficient (Wildman–Crippen LogP) is 0.130. The minimum Gasteiger partial charge on any atom is -0.378 e. The lowest BCUT2D eigenvalue weighted by Crippen LogP contribution is -2.30. The van der Waals surface area contributed by atoms with Crippen LogP contribution in [-0.2, 0) is 11.2 Å². The number of hydrazone groups is 1. The molecule has 1 aromatic carbocycles. The Labute approximate surface area is 138 Å². The summed E-state index contributed by atoms with van der Waals surface area (Å²) in [5.74, 6) is -0.447. The third-order valence-corrected chi connectivity index (χ3v) is 3.40. The molecule has 0 atom stereocenters. The number of nitrogens with one attached hydrogen (secondary N) is 3. The molecule has 0 unspecified atom stereocenters. The Hall–Kier alpha value is -3.16. The van der Waals surface area contributed by atoms with Gasteiger partial charge in [0.2, 0.25) is 5.91 Å². The van der Waals surface area contributed by atoms with E-state index in [2.05, 4.69) is 20.5 Å². The van der Waals surface area contributed by atoms with Crippen molar-refractivity contribution in [2.45, 2.75) is 13.3 Å². The molecule has 3 N–H and O–H groups in total. The molecule has 24 heavy (non-hydrogen) atoms. The smallest absolute Gasteiger partial charge is 0.325 e. The Kier molecular flexibility index (Phi) is 5.31. The highest BCUT2D eigenvalue weighted by molar-refractivity contribution is 5.83. The number of H-pyrrole nitrogens is 2. The lowest BCUT2D eigenvalue weighted by molar-refractivity contribution is -0.120. The lowest BCUT2D eigenvalue weighted by Gasteiger charge is -2.11. The van der Waals surface area contributed by atoms with Crippen LogP contribution in [-0.4, -0.2) is 36.2 Å². The average Bonchev–Trinajstić information content (AvgIpc) is 2.51. The summed E-state index contributed by atoms with van der Waals surface area (Å²) in [5, 5.41) is 3.87. The fourth-order valence-corrected chi connectivity index (χ4v) is 2.08. The van der Waals surface area contributed by atoms with Crippen LogP contribution in [0.5, 0.6) is 0 Å². The first kappa shape index (κ1) is 17.2. The summed E-state index contributed by atoms with van der Waals surface area (Å²) in [5.41, 5.74) is 3.65. The molecule has 0 saturated heterocycles. The van der Waals surface area contributed by atoms with Crippen molar-refractivity contribution in [3.63, 3.8) is 0 Å². The molecule has 1 heterocycles. The average molecular weight is 329 g/mol. The number of carbonyl (C=O) groups excluding carboxylic acids is 1. The van der Waals surface area contributed by atoms with Gasteiger partial charge in [0, 0.05) is 31.0 Å². The van der Waals surface area contributed by atoms with E-state index in [9.17, 15) is 14.4 Å². The van der Waals surface area contributed by atoms with Crippen LogP contribution in [0.4, 0.5) is 5.69 Å². The second kappa shape index (κ2) is 7.40. The maximum Gasteiger partial charge on any atom is 0.325 e. The number of benzene rings is 1. The van der Waals surface area contributed by atoms with Gasteiger partial charge in [0.1, 0.15) is 0 Å². The Morgan fingerprint density at radius 3 is 2.46 bits per heavy atom. The molecule has 0 fully saturated rings. The van der Waals surface area contributed by atoms with Crippen LogP contribution < -0.4 is 21.6 Å². The lowest BCUT2D eigenvalue weighted by atomic mass is 10.1. The van der Waals surface area contributed by atoms with E-state index in [0.717, 1.165) is 11.3 Å². The van der Waals surface area contributed by atoms with Gasteiger partial charge in [0.05, 0.1) is 12.6 Å². The highest BCUT2D eigenvalue weighted by atomic mass is 16.2. The van der Waals surface area contributed by atoms with Gasteiger partial charge in [0.15, 0.2) is 0 Å². The second-order valence-electron chi connectivity index (χ2n) is 5.47. The number of aryl methyl sites for hydroxylation is 1. The number of amides is 1. The van der Waals surface area contributed by atoms with E-state index >= 15 is 0 Å². The van der Waals surface area contributed by atoms with Gasteiger partial charge in [-0.25, -0.2) is 10.2 Å². The summed E-state index contributed by atoms with van der Waals surface area (Å²) in [6.45, 7) is 1.56. The van der Waals surface area contributed by atoms with Gasteiger partial charge in [-0.05, 0) is 24.6 Å². The van der Waals surface area contributed by atoms with Crippen LogP contribution in [0.2, 0.25) is 0 Å². The Balaban J connectivity index is 1.98. The van der Waals surface area contributed by atoms with Crippen molar-refractivity contribution in [3.8, 4) is 0 Å². The fourth-order valence-electron chi connectivity index (χ4n) is 2.08.